The van der Waals surface area contributed by atoms with Gasteiger partial charge in [-0.2, -0.15) is 0 Å². The molecule has 2 aromatic rings. The van der Waals surface area contributed by atoms with Gasteiger partial charge in [-0.15, -0.1) is 0 Å². The van der Waals surface area contributed by atoms with Gasteiger partial charge >= 0.3 is 0 Å². The van der Waals surface area contributed by atoms with Crippen molar-refractivity contribution in [3.8, 4) is 11.5 Å². The van der Waals surface area contributed by atoms with E-state index in [9.17, 15) is 14.7 Å². The molecule has 0 bridgehead atoms. The topological polar surface area (TPSA) is 99.0 Å². The fourth-order valence-electron chi connectivity index (χ4n) is 4.25. The second-order valence-electron chi connectivity index (χ2n) is 7.61. The van der Waals surface area contributed by atoms with Crippen LogP contribution in [0.2, 0.25) is 0 Å². The van der Waals surface area contributed by atoms with Crippen LogP contribution in [0.5, 0.6) is 11.5 Å². The first-order valence-electron chi connectivity index (χ1n) is 9.97. The molecule has 1 aliphatic carbocycles. The number of aliphatic hydroxyl groups is 1. The average molecular weight is 402 g/mol. The minimum atomic E-state index is -0.649. The van der Waals surface area contributed by atoms with E-state index in [0.717, 1.165) is 12.8 Å². The summed E-state index contributed by atoms with van der Waals surface area (Å²) in [4.78, 5) is 26.3. The number of hydrogen-bond acceptors (Lipinski definition) is 6. The number of nitrogens with one attached hydrogen (secondary N) is 1. The summed E-state index contributed by atoms with van der Waals surface area (Å²) >= 11 is 0. The fraction of sp³-hybridized carbons (Fsp3) is 0.524. The number of hydrogen-bond donors (Lipinski definition) is 2. The molecule has 1 amide bonds. The third kappa shape index (κ3) is 3.58. The molecule has 0 atom stereocenters. The van der Waals surface area contributed by atoms with E-state index in [-0.39, 0.29) is 12.2 Å². The number of carbonyl (C=O) groups is 1. The summed E-state index contributed by atoms with van der Waals surface area (Å²) in [6.07, 6.45) is 3.31. The van der Waals surface area contributed by atoms with Crippen molar-refractivity contribution in [1.29, 1.82) is 0 Å². The first-order chi connectivity index (χ1) is 14.1. The smallest absolute Gasteiger partial charge is 0.264 e. The maximum absolute atomic E-state index is 13.3. The molecule has 8 nitrogen and oxygen atoms in total. The highest BCUT2D eigenvalue weighted by Crippen LogP contribution is 2.36. The van der Waals surface area contributed by atoms with Crippen molar-refractivity contribution in [1.82, 2.24) is 9.88 Å². The second-order valence-corrected chi connectivity index (χ2v) is 7.61. The number of benzene rings is 1. The molecule has 2 N–H and O–H groups in total. The minimum Gasteiger partial charge on any atom is -0.493 e. The van der Waals surface area contributed by atoms with Gasteiger partial charge in [0, 0.05) is 11.9 Å². The average Bonchev–Trinajstić information content (AvgIpc) is 3.23. The maximum atomic E-state index is 13.3. The van der Waals surface area contributed by atoms with E-state index in [1.807, 2.05) is 6.07 Å². The summed E-state index contributed by atoms with van der Waals surface area (Å²) in [5.41, 5.74) is -0.421. The van der Waals surface area contributed by atoms with Crippen molar-refractivity contribution in [2.24, 2.45) is 0 Å². The Morgan fingerprint density at radius 2 is 2.07 bits per heavy atom. The quantitative estimate of drug-likeness (QED) is 0.803. The molecule has 0 unspecified atom stereocenters. The van der Waals surface area contributed by atoms with E-state index in [0.29, 0.717) is 61.6 Å². The van der Waals surface area contributed by atoms with Crippen LogP contribution in [-0.4, -0.2) is 54.7 Å². The van der Waals surface area contributed by atoms with E-state index in [1.54, 1.807) is 19.2 Å². The van der Waals surface area contributed by atoms with Crippen LogP contribution in [-0.2, 0) is 11.3 Å². The number of rotatable bonds is 4. The molecule has 2 aliphatic rings. The van der Waals surface area contributed by atoms with Crippen molar-refractivity contribution in [2.75, 3.05) is 33.5 Å². The molecule has 1 fully saturated rings. The van der Waals surface area contributed by atoms with Crippen LogP contribution in [0.3, 0.4) is 0 Å². The molecule has 29 heavy (non-hydrogen) atoms. The number of pyridine rings is 1. The summed E-state index contributed by atoms with van der Waals surface area (Å²) in [6.45, 7) is 1.23. The standard InChI is InChI=1S/C21H26N2O6/c1-27-16-5-4-14-12-15(19(25)22-21(13-24)6-2-3-7-21)20(26)23-8-9-28-10-11-29-18(16)17(14)23/h4-5,12,24H,2-3,6-11,13H2,1H3,(H,22,25). The van der Waals surface area contributed by atoms with Crippen LogP contribution in [0.1, 0.15) is 36.0 Å². The predicted octanol–water partition coefficient (Wildman–Crippen LogP) is 1.45. The third-order valence-corrected chi connectivity index (χ3v) is 5.81. The van der Waals surface area contributed by atoms with Gasteiger partial charge in [0.15, 0.2) is 11.5 Å². The van der Waals surface area contributed by atoms with Gasteiger partial charge in [-0.05, 0) is 31.0 Å². The lowest BCUT2D eigenvalue weighted by molar-refractivity contribution is 0.0835. The number of aromatic nitrogens is 1. The Hall–Kier alpha value is -2.58. The molecule has 4 rings (SSSR count). The number of amides is 1. The van der Waals surface area contributed by atoms with Crippen LogP contribution in [0.4, 0.5) is 0 Å². The van der Waals surface area contributed by atoms with E-state index < -0.39 is 17.0 Å². The molecule has 1 saturated carbocycles. The molecular weight excluding hydrogens is 376 g/mol. The van der Waals surface area contributed by atoms with E-state index in [1.165, 1.54) is 4.57 Å². The Bertz CT molecular complexity index is 977. The highest BCUT2D eigenvalue weighted by atomic mass is 16.5. The number of ether oxygens (including phenoxy) is 3. The van der Waals surface area contributed by atoms with Gasteiger partial charge < -0.3 is 29.2 Å². The van der Waals surface area contributed by atoms with E-state index >= 15 is 0 Å². The first kappa shape index (κ1) is 19.7. The summed E-state index contributed by atoms with van der Waals surface area (Å²) in [5.74, 6) is 0.535. The Balaban J connectivity index is 1.84. The van der Waals surface area contributed by atoms with Crippen molar-refractivity contribution in [3.63, 3.8) is 0 Å². The monoisotopic (exact) mass is 402 g/mol. The van der Waals surface area contributed by atoms with Crippen molar-refractivity contribution < 1.29 is 24.1 Å². The number of carbonyl (C=O) groups excluding carboxylic acids is 1. The largest absolute Gasteiger partial charge is 0.493 e. The second kappa shape index (κ2) is 8.04. The number of aliphatic hydroxyl groups excluding tert-OH is 1. The van der Waals surface area contributed by atoms with Crippen molar-refractivity contribution >= 4 is 16.8 Å². The summed E-state index contributed by atoms with van der Waals surface area (Å²) in [5, 5.41) is 13.4. The molecule has 0 saturated heterocycles. The van der Waals surface area contributed by atoms with Gasteiger partial charge in [0.05, 0.1) is 38.0 Å². The van der Waals surface area contributed by atoms with E-state index in [2.05, 4.69) is 5.32 Å². The number of methoxy groups -OCH3 is 1. The molecule has 1 aromatic heterocycles. The molecule has 156 valence electrons. The fourth-order valence-corrected chi connectivity index (χ4v) is 4.25. The Morgan fingerprint density at radius 3 is 2.79 bits per heavy atom. The highest BCUT2D eigenvalue weighted by Gasteiger charge is 2.35. The van der Waals surface area contributed by atoms with Gasteiger partial charge in [0.2, 0.25) is 0 Å². The SMILES string of the molecule is COc1ccc2cc(C(=O)NC3(CO)CCCC3)c(=O)n3c2c1OCCOCC3. The van der Waals surface area contributed by atoms with Crippen LogP contribution in [0, 0.1) is 0 Å². The van der Waals surface area contributed by atoms with Gasteiger partial charge in [0.1, 0.15) is 12.2 Å². The van der Waals surface area contributed by atoms with Gasteiger partial charge in [-0.1, -0.05) is 12.8 Å². The zero-order valence-corrected chi connectivity index (χ0v) is 16.5. The molecule has 1 aromatic carbocycles. The van der Waals surface area contributed by atoms with Crippen molar-refractivity contribution in [2.45, 2.75) is 37.8 Å². The third-order valence-electron chi connectivity index (χ3n) is 5.81. The number of nitrogens with zero attached hydrogens (tertiary/aromatic N) is 1. The lowest BCUT2D eigenvalue weighted by Gasteiger charge is -2.28. The predicted molar refractivity (Wildman–Crippen MR) is 107 cm³/mol. The van der Waals surface area contributed by atoms with Gasteiger partial charge in [-0.3, -0.25) is 9.59 Å². The summed E-state index contributed by atoms with van der Waals surface area (Å²) < 4.78 is 18.3. The van der Waals surface area contributed by atoms with Gasteiger partial charge in [-0.25, -0.2) is 0 Å². The lowest BCUT2D eigenvalue weighted by Crippen LogP contribution is -2.50. The minimum absolute atomic E-state index is 0.0487. The van der Waals surface area contributed by atoms with Crippen LogP contribution in [0.25, 0.3) is 10.9 Å². The molecule has 8 heteroatoms. The molecule has 0 radical (unpaired) electrons. The first-order valence-corrected chi connectivity index (χ1v) is 9.97. The Labute approximate surface area is 168 Å². The zero-order chi connectivity index (χ0) is 20.4. The Kier molecular flexibility index (Phi) is 5.47. The molecular formula is C21H26N2O6. The maximum Gasteiger partial charge on any atom is 0.264 e. The highest BCUT2D eigenvalue weighted by molar-refractivity contribution is 5.99. The molecule has 2 heterocycles. The molecule has 0 spiro atoms. The van der Waals surface area contributed by atoms with Crippen LogP contribution >= 0.6 is 0 Å². The van der Waals surface area contributed by atoms with Crippen LogP contribution in [0.15, 0.2) is 23.0 Å². The van der Waals surface area contributed by atoms with Crippen molar-refractivity contribution in [3.05, 3.63) is 34.1 Å². The zero-order valence-electron chi connectivity index (χ0n) is 16.5. The lowest BCUT2D eigenvalue weighted by atomic mass is 9.98. The van der Waals surface area contributed by atoms with Gasteiger partial charge in [0.25, 0.3) is 11.5 Å². The van der Waals surface area contributed by atoms with Crippen LogP contribution < -0.4 is 20.3 Å². The summed E-state index contributed by atoms with van der Waals surface area (Å²) in [7, 11) is 1.55. The molecule has 1 aliphatic heterocycles. The Morgan fingerprint density at radius 1 is 1.28 bits per heavy atom. The normalized spacial score (nSPS) is 18.4. The summed E-state index contributed by atoms with van der Waals surface area (Å²) in [6, 6.07) is 5.16. The van der Waals surface area contributed by atoms with E-state index in [4.69, 9.17) is 14.2 Å².